The monoisotopic (exact) mass is 398 g/mol. The zero-order valence-electron chi connectivity index (χ0n) is 9.91. The lowest BCUT2D eigenvalue weighted by Gasteiger charge is -2.08. The molecule has 1 N–H and O–H groups in total. The normalized spacial score (nSPS) is 10.7. The molecule has 100 valence electrons. The van der Waals surface area contributed by atoms with Crippen molar-refractivity contribution in [2.45, 2.75) is 0 Å². The summed E-state index contributed by atoms with van der Waals surface area (Å²) >= 11 is 3.57. The molecule has 0 aliphatic carbocycles. The Hall–Kier alpha value is -1.74. The second-order valence-corrected chi connectivity index (χ2v) is 5.94. The van der Waals surface area contributed by atoms with E-state index in [-0.39, 0.29) is 5.56 Å². The van der Waals surface area contributed by atoms with Crippen LogP contribution in [0.4, 0.5) is 0 Å². The molecule has 0 amide bonds. The summed E-state index contributed by atoms with van der Waals surface area (Å²) in [4.78, 5) is 19.3. The second-order valence-electron chi connectivity index (χ2n) is 3.87. The number of nitrogens with zero attached hydrogens (tertiary/aromatic N) is 2. The third-order valence-electron chi connectivity index (χ3n) is 2.60. The van der Waals surface area contributed by atoms with Crippen molar-refractivity contribution >= 4 is 50.1 Å². The van der Waals surface area contributed by atoms with Crippen LogP contribution < -0.4 is 4.74 Å². The van der Waals surface area contributed by atoms with Gasteiger partial charge in [-0.1, -0.05) is 0 Å². The maximum Gasteiger partial charge on any atom is 0.335 e. The number of benzene rings is 1. The van der Waals surface area contributed by atoms with Crippen LogP contribution in [0.2, 0.25) is 0 Å². The number of carboxylic acid groups (broad SMARTS) is 1. The number of thiophene rings is 1. The smallest absolute Gasteiger partial charge is 0.335 e. The average Bonchev–Trinajstić information content (AvgIpc) is 2.90. The number of halogens is 1. The Morgan fingerprint density at radius 1 is 1.30 bits per heavy atom. The highest BCUT2D eigenvalue weighted by atomic mass is 127. The minimum Gasteiger partial charge on any atom is -0.478 e. The van der Waals surface area contributed by atoms with E-state index in [0.29, 0.717) is 11.6 Å². The van der Waals surface area contributed by atoms with Gasteiger partial charge in [0, 0.05) is 0 Å². The molecular formula is C13H7IN2O3S. The van der Waals surface area contributed by atoms with Gasteiger partial charge < -0.3 is 9.84 Å². The summed E-state index contributed by atoms with van der Waals surface area (Å²) in [7, 11) is 0. The number of hydrogen-bond donors (Lipinski definition) is 1. The van der Waals surface area contributed by atoms with Crippen molar-refractivity contribution in [3.8, 4) is 11.6 Å². The zero-order valence-corrected chi connectivity index (χ0v) is 12.9. The predicted molar refractivity (Wildman–Crippen MR) is 83.6 cm³/mol. The lowest BCUT2D eigenvalue weighted by Crippen LogP contribution is -1.98. The predicted octanol–water partition coefficient (Wildman–Crippen LogP) is 3.79. The van der Waals surface area contributed by atoms with Crippen LogP contribution in [-0.2, 0) is 0 Å². The summed E-state index contributed by atoms with van der Waals surface area (Å²) < 4.78 is 7.41. The van der Waals surface area contributed by atoms with Crippen LogP contribution in [0.25, 0.3) is 10.2 Å². The Morgan fingerprint density at radius 2 is 2.15 bits per heavy atom. The van der Waals surface area contributed by atoms with Gasteiger partial charge in [-0.2, -0.15) is 0 Å². The summed E-state index contributed by atoms with van der Waals surface area (Å²) in [6, 6.07) is 6.61. The summed E-state index contributed by atoms with van der Waals surface area (Å²) in [5.74, 6) is -0.0837. The molecule has 2 aromatic heterocycles. The van der Waals surface area contributed by atoms with Gasteiger partial charge in [0.05, 0.1) is 14.7 Å². The van der Waals surface area contributed by atoms with Gasteiger partial charge >= 0.3 is 5.97 Å². The molecule has 0 saturated carbocycles. The molecule has 0 atom stereocenters. The van der Waals surface area contributed by atoms with Crippen LogP contribution >= 0.6 is 33.9 Å². The molecule has 20 heavy (non-hydrogen) atoms. The van der Waals surface area contributed by atoms with E-state index in [0.717, 1.165) is 13.8 Å². The van der Waals surface area contributed by atoms with E-state index in [2.05, 4.69) is 32.6 Å². The standard InChI is InChI=1S/C13H7IN2O3S/c14-8-2-1-7(13(17)18)5-10(8)19-12-11-9(3-4-20-11)15-6-16-12/h1-6H,(H,17,18). The molecule has 1 aromatic carbocycles. The number of carbonyl (C=O) groups is 1. The third-order valence-corrected chi connectivity index (χ3v) is 4.38. The fraction of sp³-hybridized carbons (Fsp3) is 0. The van der Waals surface area contributed by atoms with E-state index < -0.39 is 5.97 Å². The topological polar surface area (TPSA) is 72.3 Å². The molecule has 0 radical (unpaired) electrons. The fourth-order valence-corrected chi connectivity index (χ4v) is 2.87. The maximum atomic E-state index is 11.0. The fourth-order valence-electron chi connectivity index (χ4n) is 1.66. The summed E-state index contributed by atoms with van der Waals surface area (Å²) in [6.07, 6.45) is 1.43. The third kappa shape index (κ3) is 2.46. The molecule has 0 spiro atoms. The molecule has 5 nitrogen and oxygen atoms in total. The van der Waals surface area contributed by atoms with Crippen LogP contribution in [0.15, 0.2) is 36.0 Å². The maximum absolute atomic E-state index is 11.0. The first-order valence-electron chi connectivity index (χ1n) is 5.54. The molecule has 0 aliphatic rings. The van der Waals surface area contributed by atoms with E-state index >= 15 is 0 Å². The van der Waals surface area contributed by atoms with Crippen molar-refractivity contribution in [1.82, 2.24) is 9.97 Å². The Labute approximate surface area is 131 Å². The molecule has 2 heterocycles. The highest BCUT2D eigenvalue weighted by Gasteiger charge is 2.12. The van der Waals surface area contributed by atoms with Gasteiger partial charge in [-0.15, -0.1) is 11.3 Å². The molecule has 0 bridgehead atoms. The number of ether oxygens (including phenoxy) is 1. The van der Waals surface area contributed by atoms with Crippen molar-refractivity contribution in [3.05, 3.63) is 45.1 Å². The summed E-state index contributed by atoms with van der Waals surface area (Å²) in [5.41, 5.74) is 0.987. The van der Waals surface area contributed by atoms with E-state index in [1.54, 1.807) is 6.07 Å². The number of carboxylic acids is 1. The second kappa shape index (κ2) is 5.33. The van der Waals surface area contributed by atoms with Gasteiger partial charge in [0.15, 0.2) is 0 Å². The van der Waals surface area contributed by atoms with Crippen LogP contribution in [0.5, 0.6) is 11.6 Å². The molecule has 0 saturated heterocycles. The Morgan fingerprint density at radius 3 is 2.95 bits per heavy atom. The Bertz CT molecular complexity index is 803. The van der Waals surface area contributed by atoms with Gasteiger partial charge in [-0.25, -0.2) is 14.8 Å². The number of rotatable bonds is 3. The number of aromatic carboxylic acids is 1. The molecule has 7 heteroatoms. The number of fused-ring (bicyclic) bond motifs is 1. The molecule has 0 aliphatic heterocycles. The molecule has 0 fully saturated rings. The molecule has 3 rings (SSSR count). The first-order valence-corrected chi connectivity index (χ1v) is 7.50. The van der Waals surface area contributed by atoms with Gasteiger partial charge in [0.1, 0.15) is 16.8 Å². The Balaban J connectivity index is 2.04. The van der Waals surface area contributed by atoms with Gasteiger partial charge in [-0.3, -0.25) is 0 Å². The van der Waals surface area contributed by atoms with Gasteiger partial charge in [0.2, 0.25) is 5.88 Å². The molecule has 0 unspecified atom stereocenters. The van der Waals surface area contributed by atoms with Gasteiger partial charge in [-0.05, 0) is 52.2 Å². The number of hydrogen-bond acceptors (Lipinski definition) is 5. The van der Waals surface area contributed by atoms with E-state index in [4.69, 9.17) is 9.84 Å². The van der Waals surface area contributed by atoms with Crippen LogP contribution in [-0.4, -0.2) is 21.0 Å². The van der Waals surface area contributed by atoms with Crippen molar-refractivity contribution in [2.24, 2.45) is 0 Å². The lowest BCUT2D eigenvalue weighted by atomic mass is 10.2. The summed E-state index contributed by atoms with van der Waals surface area (Å²) in [5, 5.41) is 10.9. The van der Waals surface area contributed by atoms with Crippen molar-refractivity contribution in [3.63, 3.8) is 0 Å². The highest BCUT2D eigenvalue weighted by Crippen LogP contribution is 2.32. The average molecular weight is 398 g/mol. The summed E-state index contributed by atoms with van der Waals surface area (Å²) in [6.45, 7) is 0. The lowest BCUT2D eigenvalue weighted by molar-refractivity contribution is 0.0696. The Kier molecular flexibility index (Phi) is 3.53. The first kappa shape index (κ1) is 13.3. The van der Waals surface area contributed by atoms with Gasteiger partial charge in [0.25, 0.3) is 0 Å². The number of aromatic nitrogens is 2. The minimum absolute atomic E-state index is 0.178. The van der Waals surface area contributed by atoms with Crippen molar-refractivity contribution < 1.29 is 14.6 Å². The minimum atomic E-state index is -0.991. The largest absolute Gasteiger partial charge is 0.478 e. The molecule has 3 aromatic rings. The van der Waals surface area contributed by atoms with E-state index in [9.17, 15) is 4.79 Å². The van der Waals surface area contributed by atoms with Crippen LogP contribution in [0.3, 0.4) is 0 Å². The van der Waals surface area contributed by atoms with Crippen molar-refractivity contribution in [2.75, 3.05) is 0 Å². The van der Waals surface area contributed by atoms with Crippen molar-refractivity contribution in [1.29, 1.82) is 0 Å². The SMILES string of the molecule is O=C(O)c1ccc(I)c(Oc2ncnc3ccsc23)c1. The van der Waals surface area contributed by atoms with Crippen LogP contribution in [0.1, 0.15) is 10.4 Å². The first-order chi connectivity index (χ1) is 9.65. The highest BCUT2D eigenvalue weighted by molar-refractivity contribution is 14.1. The van der Waals surface area contributed by atoms with Crippen LogP contribution in [0, 0.1) is 3.57 Å². The zero-order chi connectivity index (χ0) is 14.1. The molecular weight excluding hydrogens is 391 g/mol. The quantitative estimate of drug-likeness (QED) is 0.680. The van der Waals surface area contributed by atoms with E-state index in [1.807, 2.05) is 11.4 Å². The van der Waals surface area contributed by atoms with E-state index in [1.165, 1.54) is 29.8 Å².